The lowest BCUT2D eigenvalue weighted by Crippen LogP contribution is -2.51. The van der Waals surface area contributed by atoms with Gasteiger partial charge in [-0.2, -0.15) is 13.2 Å². The van der Waals surface area contributed by atoms with Crippen molar-refractivity contribution >= 4 is 5.69 Å². The molecule has 1 aromatic carbocycles. The minimum absolute atomic E-state index is 0.111. The molecule has 1 fully saturated rings. The van der Waals surface area contributed by atoms with Crippen molar-refractivity contribution in [3.8, 4) is 0 Å². The van der Waals surface area contributed by atoms with E-state index in [1.807, 2.05) is 0 Å². The van der Waals surface area contributed by atoms with Crippen LogP contribution >= 0.6 is 0 Å². The monoisotopic (exact) mass is 244 g/mol. The summed E-state index contributed by atoms with van der Waals surface area (Å²) < 4.78 is 37.1. The molecule has 1 aliphatic rings. The molecule has 0 bridgehead atoms. The van der Waals surface area contributed by atoms with Gasteiger partial charge < -0.3 is 11.1 Å². The first-order valence-electron chi connectivity index (χ1n) is 5.61. The van der Waals surface area contributed by atoms with Gasteiger partial charge in [0.1, 0.15) is 0 Å². The van der Waals surface area contributed by atoms with Gasteiger partial charge in [0.2, 0.25) is 0 Å². The highest BCUT2D eigenvalue weighted by molar-refractivity contribution is 5.48. The summed E-state index contributed by atoms with van der Waals surface area (Å²) in [6.45, 7) is 0.508. The molecule has 1 aliphatic carbocycles. The highest BCUT2D eigenvalue weighted by Gasteiger charge is 2.35. The number of hydrogen-bond acceptors (Lipinski definition) is 2. The molecular weight excluding hydrogens is 229 g/mol. The minimum Gasteiger partial charge on any atom is -0.378 e. The lowest BCUT2D eigenvalue weighted by molar-refractivity contribution is -0.137. The largest absolute Gasteiger partial charge is 0.416 e. The summed E-state index contributed by atoms with van der Waals surface area (Å²) in [5.41, 5.74) is 5.63. The van der Waals surface area contributed by atoms with Gasteiger partial charge in [0.05, 0.1) is 5.56 Å². The van der Waals surface area contributed by atoms with Gasteiger partial charge in [0.15, 0.2) is 0 Å². The van der Waals surface area contributed by atoms with Gasteiger partial charge in [-0.15, -0.1) is 0 Å². The summed E-state index contributed by atoms with van der Waals surface area (Å²) in [5, 5.41) is 3.23. The molecule has 0 heterocycles. The van der Waals surface area contributed by atoms with E-state index in [0.717, 1.165) is 31.4 Å². The molecule has 0 aromatic heterocycles. The van der Waals surface area contributed by atoms with E-state index in [-0.39, 0.29) is 5.54 Å². The fourth-order valence-electron chi connectivity index (χ4n) is 2.03. The van der Waals surface area contributed by atoms with Gasteiger partial charge in [-0.05, 0) is 43.5 Å². The SMILES string of the molecule is NCC1(Nc2ccc(C(F)(F)F)cc2)CCC1. The van der Waals surface area contributed by atoms with E-state index < -0.39 is 11.7 Å². The van der Waals surface area contributed by atoms with E-state index in [9.17, 15) is 13.2 Å². The zero-order chi connectivity index (χ0) is 12.5. The summed E-state index contributed by atoms with van der Waals surface area (Å²) in [7, 11) is 0. The number of alkyl halides is 3. The van der Waals surface area contributed by atoms with Crippen LogP contribution in [0.5, 0.6) is 0 Å². The second-order valence-electron chi connectivity index (χ2n) is 4.54. The standard InChI is InChI=1S/C12H15F3N2/c13-12(14,15)9-2-4-10(5-3-9)17-11(8-16)6-1-7-11/h2-5,17H,1,6-8,16H2. The van der Waals surface area contributed by atoms with Gasteiger partial charge in [-0.3, -0.25) is 0 Å². The van der Waals surface area contributed by atoms with Crippen LogP contribution in [0.15, 0.2) is 24.3 Å². The van der Waals surface area contributed by atoms with E-state index in [1.54, 1.807) is 0 Å². The number of nitrogens with one attached hydrogen (secondary N) is 1. The van der Waals surface area contributed by atoms with Crippen molar-refractivity contribution in [1.29, 1.82) is 0 Å². The number of rotatable bonds is 3. The number of benzene rings is 1. The summed E-state index contributed by atoms with van der Waals surface area (Å²) >= 11 is 0. The normalized spacial score (nSPS) is 18.6. The topological polar surface area (TPSA) is 38.0 Å². The lowest BCUT2D eigenvalue weighted by atomic mass is 9.76. The average molecular weight is 244 g/mol. The van der Waals surface area contributed by atoms with E-state index in [4.69, 9.17) is 5.73 Å². The molecular formula is C12H15F3N2. The highest BCUT2D eigenvalue weighted by atomic mass is 19.4. The fourth-order valence-corrected chi connectivity index (χ4v) is 2.03. The first kappa shape index (κ1) is 12.2. The number of halogens is 3. The summed E-state index contributed by atoms with van der Waals surface area (Å²) in [6, 6.07) is 5.09. The second kappa shape index (κ2) is 4.22. The van der Waals surface area contributed by atoms with Crippen LogP contribution in [0.2, 0.25) is 0 Å². The molecule has 2 nitrogen and oxygen atoms in total. The molecule has 3 N–H and O–H groups in total. The Bertz CT molecular complexity index is 374. The first-order chi connectivity index (χ1) is 7.95. The zero-order valence-corrected chi connectivity index (χ0v) is 9.35. The third-order valence-corrected chi connectivity index (χ3v) is 3.32. The maximum absolute atomic E-state index is 12.4. The summed E-state index contributed by atoms with van der Waals surface area (Å²) in [5.74, 6) is 0. The summed E-state index contributed by atoms with van der Waals surface area (Å²) in [6.07, 6.45) is -1.21. The second-order valence-corrected chi connectivity index (χ2v) is 4.54. The van der Waals surface area contributed by atoms with Crippen LogP contribution in [0, 0.1) is 0 Å². The molecule has 17 heavy (non-hydrogen) atoms. The predicted molar refractivity (Wildman–Crippen MR) is 60.7 cm³/mol. The van der Waals surface area contributed by atoms with E-state index >= 15 is 0 Å². The van der Waals surface area contributed by atoms with Gasteiger partial charge in [-0.1, -0.05) is 0 Å². The van der Waals surface area contributed by atoms with Crippen molar-refractivity contribution in [3.05, 3.63) is 29.8 Å². The van der Waals surface area contributed by atoms with Crippen LogP contribution in [0.4, 0.5) is 18.9 Å². The third-order valence-electron chi connectivity index (χ3n) is 3.32. The Morgan fingerprint density at radius 1 is 1.18 bits per heavy atom. The maximum Gasteiger partial charge on any atom is 0.416 e. The van der Waals surface area contributed by atoms with Gasteiger partial charge in [-0.25, -0.2) is 0 Å². The molecule has 5 heteroatoms. The van der Waals surface area contributed by atoms with Crippen LogP contribution in [-0.4, -0.2) is 12.1 Å². The van der Waals surface area contributed by atoms with E-state index in [2.05, 4.69) is 5.32 Å². The van der Waals surface area contributed by atoms with Crippen LogP contribution in [0.3, 0.4) is 0 Å². The van der Waals surface area contributed by atoms with Crippen LogP contribution in [-0.2, 0) is 6.18 Å². The van der Waals surface area contributed by atoms with E-state index in [0.29, 0.717) is 12.2 Å². The molecule has 0 aliphatic heterocycles. The Balaban J connectivity index is 2.08. The van der Waals surface area contributed by atoms with Crippen LogP contribution in [0.25, 0.3) is 0 Å². The Labute approximate surface area is 98.0 Å². The van der Waals surface area contributed by atoms with Gasteiger partial charge >= 0.3 is 6.18 Å². The van der Waals surface area contributed by atoms with Crippen molar-refractivity contribution in [1.82, 2.24) is 0 Å². The summed E-state index contributed by atoms with van der Waals surface area (Å²) in [4.78, 5) is 0. The van der Waals surface area contributed by atoms with Crippen molar-refractivity contribution in [2.24, 2.45) is 5.73 Å². The highest BCUT2D eigenvalue weighted by Crippen LogP contribution is 2.35. The number of hydrogen-bond donors (Lipinski definition) is 2. The number of nitrogens with two attached hydrogens (primary N) is 1. The Morgan fingerprint density at radius 3 is 2.12 bits per heavy atom. The van der Waals surface area contributed by atoms with Crippen LogP contribution < -0.4 is 11.1 Å². The first-order valence-corrected chi connectivity index (χ1v) is 5.61. The Hall–Kier alpha value is -1.23. The predicted octanol–water partition coefficient (Wildman–Crippen LogP) is 3.00. The Kier molecular flexibility index (Phi) is 3.03. The third kappa shape index (κ3) is 2.54. The molecule has 0 atom stereocenters. The van der Waals surface area contributed by atoms with Gasteiger partial charge in [0, 0.05) is 17.8 Å². The minimum atomic E-state index is -4.28. The molecule has 0 radical (unpaired) electrons. The smallest absolute Gasteiger partial charge is 0.378 e. The quantitative estimate of drug-likeness (QED) is 0.857. The maximum atomic E-state index is 12.4. The van der Waals surface area contributed by atoms with E-state index in [1.165, 1.54) is 12.1 Å². The molecule has 0 spiro atoms. The Morgan fingerprint density at radius 2 is 1.76 bits per heavy atom. The molecule has 1 saturated carbocycles. The van der Waals surface area contributed by atoms with Crippen molar-refractivity contribution in [2.45, 2.75) is 31.0 Å². The average Bonchev–Trinajstić information content (AvgIpc) is 2.23. The zero-order valence-electron chi connectivity index (χ0n) is 9.35. The molecule has 1 aromatic rings. The molecule has 0 saturated heterocycles. The molecule has 0 unspecified atom stereocenters. The molecule has 0 amide bonds. The van der Waals surface area contributed by atoms with Crippen molar-refractivity contribution in [2.75, 3.05) is 11.9 Å². The molecule has 94 valence electrons. The fraction of sp³-hybridized carbons (Fsp3) is 0.500. The molecule has 2 rings (SSSR count). The van der Waals surface area contributed by atoms with Crippen molar-refractivity contribution in [3.63, 3.8) is 0 Å². The van der Waals surface area contributed by atoms with Crippen molar-refractivity contribution < 1.29 is 13.2 Å². The number of anilines is 1. The van der Waals surface area contributed by atoms with Gasteiger partial charge in [0.25, 0.3) is 0 Å². The van der Waals surface area contributed by atoms with Crippen LogP contribution in [0.1, 0.15) is 24.8 Å². The lowest BCUT2D eigenvalue weighted by Gasteiger charge is -2.42.